The lowest BCUT2D eigenvalue weighted by atomic mass is 9.97. The highest BCUT2D eigenvalue weighted by Crippen LogP contribution is 2.19. The molecule has 1 saturated heterocycles. The fraction of sp³-hybridized carbons (Fsp3) is 0.526. The van der Waals surface area contributed by atoms with Gasteiger partial charge in [0.1, 0.15) is 11.8 Å². The van der Waals surface area contributed by atoms with Gasteiger partial charge in [0.25, 0.3) is 5.91 Å². The summed E-state index contributed by atoms with van der Waals surface area (Å²) in [7, 11) is -1.17. The van der Waals surface area contributed by atoms with Gasteiger partial charge in [-0.25, -0.2) is 8.42 Å². The first-order valence-electron chi connectivity index (χ1n) is 9.36. The molecule has 2 rings (SSSR count). The quantitative estimate of drug-likeness (QED) is 0.570. The fourth-order valence-corrected chi connectivity index (χ4v) is 4.18. The number of hydrogen-bond donors (Lipinski definition) is 1. The lowest BCUT2D eigenvalue weighted by molar-refractivity contribution is -0.154. The minimum absolute atomic E-state index is 0.0347. The van der Waals surface area contributed by atoms with Crippen LogP contribution in [0.5, 0.6) is 5.75 Å². The minimum Gasteiger partial charge on any atom is -0.497 e. The van der Waals surface area contributed by atoms with E-state index in [1.807, 2.05) is 0 Å². The minimum atomic E-state index is -3.95. The molecule has 1 fully saturated rings. The SMILES string of the molecule is COC(=O)C1CCN(C(=O)COC(=O)[C@H](C)NS(=O)(=O)c2ccc(OC)cc2)CC1. The van der Waals surface area contributed by atoms with Crippen molar-refractivity contribution in [2.45, 2.75) is 30.7 Å². The van der Waals surface area contributed by atoms with Gasteiger partial charge < -0.3 is 19.1 Å². The van der Waals surface area contributed by atoms with Gasteiger partial charge in [0.05, 0.1) is 25.0 Å². The number of hydrogen-bond acceptors (Lipinski definition) is 8. The van der Waals surface area contributed by atoms with E-state index in [1.165, 1.54) is 50.3 Å². The van der Waals surface area contributed by atoms with Gasteiger partial charge >= 0.3 is 11.9 Å². The van der Waals surface area contributed by atoms with Crippen LogP contribution in [0.3, 0.4) is 0 Å². The maximum atomic E-state index is 12.4. The lowest BCUT2D eigenvalue weighted by Crippen LogP contribution is -2.44. The first kappa shape index (κ1) is 23.6. The average Bonchev–Trinajstić information content (AvgIpc) is 2.76. The smallest absolute Gasteiger partial charge is 0.324 e. The summed E-state index contributed by atoms with van der Waals surface area (Å²) in [6.45, 7) is 1.54. The Balaban J connectivity index is 1.82. The molecule has 1 aromatic rings. The molecule has 0 saturated carbocycles. The van der Waals surface area contributed by atoms with Crippen molar-refractivity contribution in [3.63, 3.8) is 0 Å². The van der Waals surface area contributed by atoms with E-state index < -0.39 is 34.5 Å². The summed E-state index contributed by atoms with van der Waals surface area (Å²) < 4.78 is 41.6. The van der Waals surface area contributed by atoms with Crippen LogP contribution >= 0.6 is 0 Å². The molecular formula is C19H26N2O8S. The predicted octanol–water partition coefficient (Wildman–Crippen LogP) is 0.317. The van der Waals surface area contributed by atoms with Gasteiger partial charge in [-0.2, -0.15) is 4.72 Å². The number of rotatable bonds is 8. The summed E-state index contributed by atoms with van der Waals surface area (Å²) in [5.74, 6) is -1.32. The van der Waals surface area contributed by atoms with Crippen LogP contribution in [0, 0.1) is 5.92 Å². The number of amides is 1. The molecule has 1 atom stereocenters. The Bertz CT molecular complexity index is 861. The number of esters is 2. The number of sulfonamides is 1. The van der Waals surface area contributed by atoms with Gasteiger partial charge in [0, 0.05) is 13.1 Å². The van der Waals surface area contributed by atoms with Crippen LogP contribution in [0.4, 0.5) is 0 Å². The Morgan fingerprint density at radius 1 is 1.13 bits per heavy atom. The summed E-state index contributed by atoms with van der Waals surface area (Å²) in [5.41, 5.74) is 0. The zero-order valence-electron chi connectivity index (χ0n) is 17.1. The monoisotopic (exact) mass is 442 g/mol. The van der Waals surface area contributed by atoms with E-state index in [2.05, 4.69) is 4.72 Å². The third kappa shape index (κ3) is 6.17. The molecule has 1 amide bonds. The normalized spacial score (nSPS) is 15.9. The van der Waals surface area contributed by atoms with Crippen LogP contribution in [0.15, 0.2) is 29.2 Å². The van der Waals surface area contributed by atoms with Crippen LogP contribution in [-0.2, 0) is 33.9 Å². The first-order valence-corrected chi connectivity index (χ1v) is 10.8. The number of piperidine rings is 1. The molecule has 0 bridgehead atoms. The predicted molar refractivity (Wildman–Crippen MR) is 105 cm³/mol. The highest BCUT2D eigenvalue weighted by molar-refractivity contribution is 7.89. The van der Waals surface area contributed by atoms with Crippen molar-refractivity contribution < 1.29 is 37.0 Å². The second-order valence-corrected chi connectivity index (χ2v) is 8.52. The van der Waals surface area contributed by atoms with Crippen molar-refractivity contribution in [2.24, 2.45) is 5.92 Å². The molecule has 0 aromatic heterocycles. The van der Waals surface area contributed by atoms with E-state index in [4.69, 9.17) is 14.2 Å². The number of ether oxygens (including phenoxy) is 3. The Morgan fingerprint density at radius 3 is 2.27 bits per heavy atom. The van der Waals surface area contributed by atoms with Gasteiger partial charge in [0.15, 0.2) is 6.61 Å². The van der Waals surface area contributed by atoms with E-state index in [9.17, 15) is 22.8 Å². The molecule has 1 aliphatic rings. The van der Waals surface area contributed by atoms with Crippen molar-refractivity contribution in [1.82, 2.24) is 9.62 Å². The number of carbonyl (C=O) groups is 3. The van der Waals surface area contributed by atoms with Gasteiger partial charge in [0.2, 0.25) is 10.0 Å². The highest BCUT2D eigenvalue weighted by Gasteiger charge is 2.29. The second kappa shape index (κ2) is 10.4. The largest absolute Gasteiger partial charge is 0.497 e. The van der Waals surface area contributed by atoms with Crippen LogP contribution < -0.4 is 9.46 Å². The van der Waals surface area contributed by atoms with Gasteiger partial charge in [-0.05, 0) is 44.0 Å². The molecule has 30 heavy (non-hydrogen) atoms. The third-order valence-corrected chi connectivity index (χ3v) is 6.33. The van der Waals surface area contributed by atoms with Crippen LogP contribution in [-0.4, -0.2) is 71.1 Å². The number of carbonyl (C=O) groups excluding carboxylic acids is 3. The molecule has 11 heteroatoms. The number of methoxy groups -OCH3 is 2. The van der Waals surface area contributed by atoms with E-state index >= 15 is 0 Å². The van der Waals surface area contributed by atoms with Gasteiger partial charge in [-0.3, -0.25) is 14.4 Å². The number of nitrogens with one attached hydrogen (secondary N) is 1. The van der Waals surface area contributed by atoms with Crippen LogP contribution in [0.25, 0.3) is 0 Å². The molecule has 0 spiro atoms. The zero-order chi connectivity index (χ0) is 22.3. The molecule has 1 aliphatic heterocycles. The standard InChI is InChI=1S/C19H26N2O8S/c1-13(20-30(25,26)16-6-4-15(27-2)5-7-16)18(23)29-12-17(22)21-10-8-14(9-11-21)19(24)28-3/h4-7,13-14,20H,8-12H2,1-3H3/t13-/m0/s1. The lowest BCUT2D eigenvalue weighted by Gasteiger charge is -2.30. The molecule has 10 nitrogen and oxygen atoms in total. The van der Waals surface area contributed by atoms with Crippen molar-refractivity contribution >= 4 is 27.9 Å². The molecule has 1 N–H and O–H groups in total. The summed E-state index contributed by atoms with van der Waals surface area (Å²) in [5, 5.41) is 0. The molecule has 166 valence electrons. The highest BCUT2D eigenvalue weighted by atomic mass is 32.2. The fourth-order valence-electron chi connectivity index (χ4n) is 2.98. The molecule has 0 aliphatic carbocycles. The number of nitrogens with zero attached hydrogens (tertiary/aromatic N) is 1. The van der Waals surface area contributed by atoms with Crippen molar-refractivity contribution in [2.75, 3.05) is 33.9 Å². The Kier molecular flexibility index (Phi) is 8.18. The molecule has 1 aromatic carbocycles. The molecule has 0 unspecified atom stereocenters. The molecular weight excluding hydrogens is 416 g/mol. The van der Waals surface area contributed by atoms with Gasteiger partial charge in [-0.15, -0.1) is 0 Å². The van der Waals surface area contributed by atoms with E-state index in [0.29, 0.717) is 31.7 Å². The van der Waals surface area contributed by atoms with Crippen molar-refractivity contribution in [1.29, 1.82) is 0 Å². The van der Waals surface area contributed by atoms with Crippen LogP contribution in [0.2, 0.25) is 0 Å². The van der Waals surface area contributed by atoms with Crippen molar-refractivity contribution in [3.8, 4) is 5.75 Å². The summed E-state index contributed by atoms with van der Waals surface area (Å²) in [4.78, 5) is 37.3. The summed E-state index contributed by atoms with van der Waals surface area (Å²) >= 11 is 0. The Hall–Kier alpha value is -2.66. The Morgan fingerprint density at radius 2 is 1.73 bits per heavy atom. The molecule has 0 radical (unpaired) electrons. The average molecular weight is 442 g/mol. The van der Waals surface area contributed by atoms with E-state index in [-0.39, 0.29) is 16.8 Å². The van der Waals surface area contributed by atoms with Crippen LogP contribution in [0.1, 0.15) is 19.8 Å². The zero-order valence-corrected chi connectivity index (χ0v) is 17.9. The third-order valence-electron chi connectivity index (χ3n) is 4.78. The summed E-state index contributed by atoms with van der Waals surface area (Å²) in [6, 6.07) is 4.48. The van der Waals surface area contributed by atoms with Crippen molar-refractivity contribution in [3.05, 3.63) is 24.3 Å². The maximum Gasteiger partial charge on any atom is 0.324 e. The second-order valence-electron chi connectivity index (χ2n) is 6.80. The van der Waals surface area contributed by atoms with E-state index in [1.54, 1.807) is 0 Å². The molecule has 1 heterocycles. The first-order chi connectivity index (χ1) is 14.2. The summed E-state index contributed by atoms with van der Waals surface area (Å²) in [6.07, 6.45) is 0.953. The van der Waals surface area contributed by atoms with Gasteiger partial charge in [-0.1, -0.05) is 0 Å². The number of likely N-dealkylation sites (tertiary alicyclic amines) is 1. The van der Waals surface area contributed by atoms with E-state index in [0.717, 1.165) is 0 Å². The maximum absolute atomic E-state index is 12.4. The Labute approximate surface area is 175 Å². The number of benzene rings is 1. The topological polar surface area (TPSA) is 128 Å².